The number of carbonyl (C=O) groups excluding carboxylic acids is 1. The van der Waals surface area contributed by atoms with Gasteiger partial charge in [0.2, 0.25) is 0 Å². The van der Waals surface area contributed by atoms with Gasteiger partial charge < -0.3 is 14.7 Å². The van der Waals surface area contributed by atoms with Gasteiger partial charge in [-0.25, -0.2) is 0 Å². The molecule has 4 nitrogen and oxygen atoms in total. The molecule has 1 aliphatic rings. The van der Waals surface area contributed by atoms with Crippen LogP contribution in [-0.4, -0.2) is 10.5 Å². The maximum absolute atomic E-state index is 12.7. The number of benzene rings is 2. The zero-order valence-electron chi connectivity index (χ0n) is 14.0. The molecule has 123 valence electrons. The first-order chi connectivity index (χ1) is 11.6. The Hall–Kier alpha value is -1.78. The van der Waals surface area contributed by atoms with Crippen LogP contribution in [0.3, 0.4) is 0 Å². The van der Waals surface area contributed by atoms with Crippen molar-refractivity contribution in [2.45, 2.75) is 26.4 Å². The summed E-state index contributed by atoms with van der Waals surface area (Å²) in [5.41, 5.74) is 4.22. The molecule has 0 saturated carbocycles. The second kappa shape index (κ2) is 7.22. The Kier molecular flexibility index (Phi) is 5.21. The van der Waals surface area contributed by atoms with Crippen LogP contribution >= 0.6 is 0 Å². The third kappa shape index (κ3) is 3.33. The Bertz CT molecular complexity index is 1010. The van der Waals surface area contributed by atoms with Crippen LogP contribution in [-0.2, 0) is 52.2 Å². The molecule has 3 aromatic rings. The third-order valence-corrected chi connectivity index (χ3v) is 4.55. The van der Waals surface area contributed by atoms with E-state index in [1.807, 2.05) is 41.8 Å². The molecule has 0 fully saturated rings. The predicted molar refractivity (Wildman–Crippen MR) is 93.1 cm³/mol. The SMILES string of the molecule is Cc1ccc(CNC(=O)c2cn3c4c(c[c-]cc4c2=O)CC3)cc1.[Y]. The number of hydrogen-bond acceptors (Lipinski definition) is 2. The Morgan fingerprint density at radius 3 is 2.76 bits per heavy atom. The van der Waals surface area contributed by atoms with Crippen molar-refractivity contribution >= 4 is 16.8 Å². The van der Waals surface area contributed by atoms with Crippen molar-refractivity contribution in [3.05, 3.63) is 81.1 Å². The Morgan fingerprint density at radius 1 is 1.24 bits per heavy atom. The van der Waals surface area contributed by atoms with Crippen molar-refractivity contribution in [3.8, 4) is 0 Å². The number of aryl methyl sites for hydroxylation is 3. The fourth-order valence-corrected chi connectivity index (χ4v) is 3.22. The molecule has 4 rings (SSSR count). The van der Waals surface area contributed by atoms with Gasteiger partial charge in [0.1, 0.15) is 5.43 Å². The standard InChI is InChI=1S/C20H17N2O2.Y/c1-13-5-7-14(8-6-13)11-21-20(24)17-12-22-10-9-15-3-2-4-16(18(15)22)19(17)23;/h3-8,12H,9-11H2,1H3,(H,21,24);/q-1;. The smallest absolute Gasteiger partial charge is 0.255 e. The van der Waals surface area contributed by atoms with Gasteiger partial charge in [0.25, 0.3) is 5.91 Å². The fraction of sp³-hybridized carbons (Fsp3) is 0.200. The summed E-state index contributed by atoms with van der Waals surface area (Å²) >= 11 is 0. The van der Waals surface area contributed by atoms with Crippen LogP contribution in [0.1, 0.15) is 27.0 Å². The average molecular weight is 406 g/mol. The number of hydrogen-bond donors (Lipinski definition) is 1. The van der Waals surface area contributed by atoms with E-state index in [0.717, 1.165) is 29.6 Å². The fourth-order valence-electron chi connectivity index (χ4n) is 3.22. The van der Waals surface area contributed by atoms with Crippen LogP contribution in [0.25, 0.3) is 10.9 Å². The first-order valence-corrected chi connectivity index (χ1v) is 8.03. The van der Waals surface area contributed by atoms with E-state index in [1.165, 1.54) is 5.56 Å². The minimum atomic E-state index is -0.330. The molecule has 0 unspecified atom stereocenters. The van der Waals surface area contributed by atoms with E-state index in [9.17, 15) is 9.59 Å². The predicted octanol–water partition coefficient (Wildman–Crippen LogP) is 2.59. The molecular formula is C20H17N2O2Y-. The van der Waals surface area contributed by atoms with E-state index >= 15 is 0 Å². The van der Waals surface area contributed by atoms with Crippen LogP contribution in [0.15, 0.2) is 47.4 Å². The zero-order chi connectivity index (χ0) is 16.7. The molecule has 1 N–H and O–H groups in total. The van der Waals surface area contributed by atoms with Crippen LogP contribution in [0.4, 0.5) is 0 Å². The normalized spacial score (nSPS) is 12.0. The average Bonchev–Trinajstić information content (AvgIpc) is 3.01. The molecule has 1 aromatic heterocycles. The van der Waals surface area contributed by atoms with Gasteiger partial charge in [-0.2, -0.15) is 18.2 Å². The number of nitrogens with one attached hydrogen (secondary N) is 1. The van der Waals surface area contributed by atoms with Gasteiger partial charge in [0.05, 0.1) is 5.56 Å². The molecule has 5 heteroatoms. The van der Waals surface area contributed by atoms with Crippen LogP contribution in [0.5, 0.6) is 0 Å². The molecule has 0 aliphatic carbocycles. The number of carbonyl (C=O) groups is 1. The van der Waals surface area contributed by atoms with E-state index in [0.29, 0.717) is 11.9 Å². The molecule has 2 heterocycles. The second-order valence-electron chi connectivity index (χ2n) is 6.23. The quantitative estimate of drug-likeness (QED) is 0.680. The molecule has 2 aromatic carbocycles. The molecule has 1 aliphatic heterocycles. The van der Waals surface area contributed by atoms with Gasteiger partial charge in [0, 0.05) is 52.0 Å². The van der Waals surface area contributed by atoms with Crippen molar-refractivity contribution < 1.29 is 37.5 Å². The summed E-state index contributed by atoms with van der Waals surface area (Å²) in [7, 11) is 0. The third-order valence-electron chi connectivity index (χ3n) is 4.55. The van der Waals surface area contributed by atoms with E-state index < -0.39 is 0 Å². The molecule has 0 atom stereocenters. The largest absolute Gasteiger partial charge is 0.370 e. The van der Waals surface area contributed by atoms with Gasteiger partial charge in [-0.15, -0.1) is 5.56 Å². The van der Waals surface area contributed by atoms with E-state index in [2.05, 4.69) is 11.4 Å². The summed E-state index contributed by atoms with van der Waals surface area (Å²) in [6.07, 6.45) is 2.56. The molecule has 25 heavy (non-hydrogen) atoms. The molecule has 0 spiro atoms. The van der Waals surface area contributed by atoms with Crippen molar-refractivity contribution in [2.24, 2.45) is 0 Å². The summed E-state index contributed by atoms with van der Waals surface area (Å²) < 4.78 is 2.00. The van der Waals surface area contributed by atoms with Crippen molar-refractivity contribution in [2.75, 3.05) is 0 Å². The van der Waals surface area contributed by atoms with Crippen LogP contribution in [0, 0.1) is 13.0 Å². The van der Waals surface area contributed by atoms with Gasteiger partial charge in [-0.3, -0.25) is 4.79 Å². The van der Waals surface area contributed by atoms with Crippen LogP contribution < -0.4 is 10.7 Å². The second-order valence-corrected chi connectivity index (χ2v) is 6.23. The topological polar surface area (TPSA) is 51.1 Å². The zero-order valence-corrected chi connectivity index (χ0v) is 16.8. The number of nitrogens with zero attached hydrogens (tertiary/aromatic N) is 1. The molecule has 0 bridgehead atoms. The number of amides is 1. The van der Waals surface area contributed by atoms with Crippen molar-refractivity contribution in [1.29, 1.82) is 0 Å². The van der Waals surface area contributed by atoms with E-state index in [4.69, 9.17) is 0 Å². The van der Waals surface area contributed by atoms with E-state index in [-0.39, 0.29) is 49.6 Å². The number of pyridine rings is 1. The molecule has 1 radical (unpaired) electrons. The van der Waals surface area contributed by atoms with Gasteiger partial charge in [0.15, 0.2) is 0 Å². The maximum Gasteiger partial charge on any atom is 0.255 e. The molecule has 0 saturated heterocycles. The minimum absolute atomic E-state index is 0. The number of rotatable bonds is 3. The molecule has 1 amide bonds. The van der Waals surface area contributed by atoms with Gasteiger partial charge >= 0.3 is 0 Å². The summed E-state index contributed by atoms with van der Waals surface area (Å²) in [5.74, 6) is -0.330. The Labute approximate surface area is 171 Å². The minimum Gasteiger partial charge on any atom is -0.370 e. The molecular weight excluding hydrogens is 389 g/mol. The van der Waals surface area contributed by atoms with Crippen LogP contribution in [0.2, 0.25) is 0 Å². The maximum atomic E-state index is 12.7. The Balaban J connectivity index is 0.00000182. The van der Waals surface area contributed by atoms with Crippen molar-refractivity contribution in [1.82, 2.24) is 9.88 Å². The first-order valence-electron chi connectivity index (χ1n) is 8.03. The Morgan fingerprint density at radius 2 is 2.00 bits per heavy atom. The summed E-state index contributed by atoms with van der Waals surface area (Å²) in [4.78, 5) is 25.2. The number of aromatic nitrogens is 1. The van der Waals surface area contributed by atoms with Gasteiger partial charge in [-0.1, -0.05) is 47.2 Å². The summed E-state index contributed by atoms with van der Waals surface area (Å²) in [6.45, 7) is 3.22. The van der Waals surface area contributed by atoms with Crippen molar-refractivity contribution in [3.63, 3.8) is 0 Å². The van der Waals surface area contributed by atoms with Gasteiger partial charge in [-0.05, 0) is 12.5 Å². The van der Waals surface area contributed by atoms with E-state index in [1.54, 1.807) is 12.3 Å². The monoisotopic (exact) mass is 406 g/mol. The summed E-state index contributed by atoms with van der Waals surface area (Å²) in [6, 6.07) is 14.6. The summed E-state index contributed by atoms with van der Waals surface area (Å²) in [5, 5.41) is 3.42. The first kappa shape index (κ1) is 18.0.